The molecule has 82 valence electrons. The Kier molecular flexibility index (Phi) is 3.06. The molecule has 0 aliphatic heterocycles. The summed E-state index contributed by atoms with van der Waals surface area (Å²) in [6.07, 6.45) is 0. The smallest absolute Gasteiger partial charge is 0.271 e. The van der Waals surface area contributed by atoms with Crippen LogP contribution < -0.4 is 5.73 Å². The molecule has 5 nitrogen and oxygen atoms in total. The van der Waals surface area contributed by atoms with Gasteiger partial charge in [-0.2, -0.15) is 15.4 Å². The number of hydrogen-bond acceptors (Lipinski definition) is 3. The molecule has 0 bridgehead atoms. The summed E-state index contributed by atoms with van der Waals surface area (Å²) in [5.74, 6) is -0.619. The number of carbonyl (C=O) groups excluding carboxylic acids is 1. The monoisotopic (exact) mass is 344 g/mol. The third kappa shape index (κ3) is 1.88. The third-order valence-corrected chi connectivity index (χ3v) is 3.30. The minimum atomic E-state index is -0.619. The number of nitrogens with zero attached hydrogens (tertiary/aromatic N) is 2. The average molecular weight is 346 g/mol. The Balaban J connectivity index is 2.68. The van der Waals surface area contributed by atoms with E-state index < -0.39 is 5.91 Å². The van der Waals surface area contributed by atoms with Crippen molar-refractivity contribution in [2.45, 2.75) is 0 Å². The molecule has 0 spiro atoms. The Hall–Kier alpha value is -1.21. The van der Waals surface area contributed by atoms with E-state index in [0.29, 0.717) is 5.69 Å². The molecule has 2 rings (SSSR count). The Morgan fingerprint density at radius 3 is 2.44 bits per heavy atom. The molecule has 0 atom stereocenters. The van der Waals surface area contributed by atoms with E-state index in [1.54, 1.807) is 0 Å². The van der Waals surface area contributed by atoms with Gasteiger partial charge in [-0.05, 0) is 12.1 Å². The summed E-state index contributed by atoms with van der Waals surface area (Å²) in [5, 5.41) is 10.0. The number of nitrogens with two attached hydrogens (primary N) is 1. The molecule has 1 aromatic heterocycles. The lowest BCUT2D eigenvalue weighted by molar-refractivity contribution is 0.0996. The third-order valence-electron chi connectivity index (χ3n) is 1.98. The Labute approximate surface area is 108 Å². The van der Waals surface area contributed by atoms with E-state index in [9.17, 15) is 4.79 Å². The molecule has 0 unspecified atom stereocenters. The summed E-state index contributed by atoms with van der Waals surface area (Å²) in [6.45, 7) is 0. The lowest BCUT2D eigenvalue weighted by atomic mass is 10.1. The number of aromatic amines is 1. The number of amides is 1. The predicted molar refractivity (Wildman–Crippen MR) is 65.7 cm³/mol. The number of halogens is 2. The zero-order valence-electron chi connectivity index (χ0n) is 7.87. The van der Waals surface area contributed by atoms with Gasteiger partial charge in [-0.15, -0.1) is 0 Å². The van der Waals surface area contributed by atoms with Gasteiger partial charge in [-0.3, -0.25) is 4.79 Å². The highest BCUT2D eigenvalue weighted by atomic mass is 79.9. The van der Waals surface area contributed by atoms with Gasteiger partial charge in [0.25, 0.3) is 5.91 Å². The molecule has 2 aromatic rings. The van der Waals surface area contributed by atoms with Crippen LogP contribution in [0.4, 0.5) is 0 Å². The van der Waals surface area contributed by atoms with Crippen LogP contribution in [0.3, 0.4) is 0 Å². The summed E-state index contributed by atoms with van der Waals surface area (Å²) in [7, 11) is 0. The maximum atomic E-state index is 11.1. The van der Waals surface area contributed by atoms with Gasteiger partial charge >= 0.3 is 0 Å². The van der Waals surface area contributed by atoms with E-state index in [4.69, 9.17) is 5.73 Å². The van der Waals surface area contributed by atoms with Crippen LogP contribution in [0.1, 0.15) is 10.5 Å². The van der Waals surface area contributed by atoms with Crippen molar-refractivity contribution in [3.05, 3.63) is 32.8 Å². The van der Waals surface area contributed by atoms with Crippen LogP contribution in [-0.4, -0.2) is 21.3 Å². The van der Waals surface area contributed by atoms with Gasteiger partial charge in [0.1, 0.15) is 5.69 Å². The maximum Gasteiger partial charge on any atom is 0.271 e. The first-order valence-corrected chi connectivity index (χ1v) is 5.85. The lowest BCUT2D eigenvalue weighted by Crippen LogP contribution is -2.12. The second-order valence-corrected chi connectivity index (χ2v) is 4.69. The van der Waals surface area contributed by atoms with E-state index in [1.807, 2.05) is 18.2 Å². The molecule has 0 aliphatic rings. The summed E-state index contributed by atoms with van der Waals surface area (Å²) < 4.78 is 1.61. The maximum absolute atomic E-state index is 11.1. The van der Waals surface area contributed by atoms with Crippen LogP contribution in [0.2, 0.25) is 0 Å². The normalized spacial score (nSPS) is 10.4. The first kappa shape index (κ1) is 11.3. The van der Waals surface area contributed by atoms with Crippen LogP contribution in [-0.2, 0) is 0 Å². The van der Waals surface area contributed by atoms with Crippen molar-refractivity contribution < 1.29 is 4.79 Å². The molecule has 3 N–H and O–H groups in total. The standard InChI is InChI=1S/C9H6Br2N4O/c10-4-2-1-3-5(11)6(4)7-8(9(12)16)14-15-13-7/h1-3H,(H2,12,16)(H,13,14,15). The summed E-state index contributed by atoms with van der Waals surface area (Å²) in [4.78, 5) is 11.1. The Morgan fingerprint density at radius 1 is 1.25 bits per heavy atom. The Morgan fingerprint density at radius 2 is 1.88 bits per heavy atom. The molecule has 0 saturated carbocycles. The number of hydrogen-bond donors (Lipinski definition) is 2. The van der Waals surface area contributed by atoms with Gasteiger partial charge in [0.15, 0.2) is 5.69 Å². The number of rotatable bonds is 2. The minimum Gasteiger partial charge on any atom is -0.364 e. The lowest BCUT2D eigenvalue weighted by Gasteiger charge is -2.04. The van der Waals surface area contributed by atoms with E-state index in [0.717, 1.165) is 14.5 Å². The highest BCUT2D eigenvalue weighted by Crippen LogP contribution is 2.34. The molecular weight excluding hydrogens is 340 g/mol. The number of primary amides is 1. The summed E-state index contributed by atoms with van der Waals surface area (Å²) in [5.41, 5.74) is 6.49. The van der Waals surface area contributed by atoms with Crippen LogP contribution >= 0.6 is 31.9 Å². The fraction of sp³-hybridized carbons (Fsp3) is 0. The van der Waals surface area contributed by atoms with Gasteiger partial charge in [-0.1, -0.05) is 37.9 Å². The number of aromatic nitrogens is 3. The van der Waals surface area contributed by atoms with E-state index in [-0.39, 0.29) is 5.69 Å². The second-order valence-electron chi connectivity index (χ2n) is 2.98. The van der Waals surface area contributed by atoms with E-state index >= 15 is 0 Å². The van der Waals surface area contributed by atoms with Crippen molar-refractivity contribution in [3.63, 3.8) is 0 Å². The molecule has 16 heavy (non-hydrogen) atoms. The predicted octanol–water partition coefficient (Wildman–Crippen LogP) is 2.10. The van der Waals surface area contributed by atoms with Crippen molar-refractivity contribution in [2.75, 3.05) is 0 Å². The first-order chi connectivity index (χ1) is 7.61. The average Bonchev–Trinajstić information content (AvgIpc) is 2.66. The second kappa shape index (κ2) is 4.34. The highest BCUT2D eigenvalue weighted by Gasteiger charge is 2.19. The zero-order valence-corrected chi connectivity index (χ0v) is 11.0. The van der Waals surface area contributed by atoms with Gasteiger partial charge < -0.3 is 5.73 Å². The van der Waals surface area contributed by atoms with Crippen LogP contribution in [0, 0.1) is 0 Å². The van der Waals surface area contributed by atoms with Gasteiger partial charge in [0.05, 0.1) is 0 Å². The van der Waals surface area contributed by atoms with Crippen molar-refractivity contribution in [1.29, 1.82) is 0 Å². The van der Waals surface area contributed by atoms with Gasteiger partial charge in [0.2, 0.25) is 0 Å². The molecule has 0 fully saturated rings. The van der Waals surface area contributed by atoms with Crippen molar-refractivity contribution in [1.82, 2.24) is 15.4 Å². The molecule has 1 amide bonds. The fourth-order valence-corrected chi connectivity index (χ4v) is 2.68. The SMILES string of the molecule is NC(=O)c1n[nH]nc1-c1c(Br)cccc1Br. The van der Waals surface area contributed by atoms with E-state index in [1.165, 1.54) is 0 Å². The molecule has 0 radical (unpaired) electrons. The number of H-pyrrole nitrogens is 1. The summed E-state index contributed by atoms with van der Waals surface area (Å²) >= 11 is 6.78. The van der Waals surface area contributed by atoms with Crippen LogP contribution in [0.15, 0.2) is 27.1 Å². The van der Waals surface area contributed by atoms with Crippen molar-refractivity contribution in [3.8, 4) is 11.3 Å². The zero-order chi connectivity index (χ0) is 11.7. The highest BCUT2D eigenvalue weighted by molar-refractivity contribution is 9.11. The van der Waals surface area contributed by atoms with Gasteiger partial charge in [0, 0.05) is 14.5 Å². The largest absolute Gasteiger partial charge is 0.364 e. The topological polar surface area (TPSA) is 84.7 Å². The molecule has 0 aliphatic carbocycles. The Bertz CT molecular complexity index is 532. The summed E-state index contributed by atoms with van der Waals surface area (Å²) in [6, 6.07) is 5.56. The minimum absolute atomic E-state index is 0.118. The van der Waals surface area contributed by atoms with Crippen molar-refractivity contribution >= 4 is 37.8 Å². The fourth-order valence-electron chi connectivity index (χ4n) is 1.30. The molecule has 1 aromatic carbocycles. The van der Waals surface area contributed by atoms with Crippen LogP contribution in [0.5, 0.6) is 0 Å². The van der Waals surface area contributed by atoms with Gasteiger partial charge in [-0.25, -0.2) is 0 Å². The first-order valence-electron chi connectivity index (χ1n) is 4.26. The number of nitrogens with one attached hydrogen (secondary N) is 1. The van der Waals surface area contributed by atoms with E-state index in [2.05, 4.69) is 47.3 Å². The van der Waals surface area contributed by atoms with Crippen molar-refractivity contribution in [2.24, 2.45) is 5.73 Å². The quantitative estimate of drug-likeness (QED) is 0.874. The molecule has 0 saturated heterocycles. The number of benzene rings is 1. The van der Waals surface area contributed by atoms with Crippen LogP contribution in [0.25, 0.3) is 11.3 Å². The molecule has 7 heteroatoms. The number of carbonyl (C=O) groups is 1. The molecular formula is C9H6Br2N4O. The molecule has 1 heterocycles.